The number of carbonyl (C=O) groups is 1. The zero-order valence-corrected chi connectivity index (χ0v) is 15.7. The van der Waals surface area contributed by atoms with Crippen LogP contribution in [0.2, 0.25) is 0 Å². The Kier molecular flexibility index (Phi) is 10.7. The first-order chi connectivity index (χ1) is 9.95. The Bertz CT molecular complexity index is 550. The van der Waals surface area contributed by atoms with Crippen LogP contribution in [0.25, 0.3) is 0 Å². The van der Waals surface area contributed by atoms with Crippen molar-refractivity contribution in [2.45, 2.75) is 24.2 Å². The van der Waals surface area contributed by atoms with E-state index in [9.17, 15) is 13.2 Å². The number of hydrogen-bond donors (Lipinski definition) is 2. The average molecular weight is 414 g/mol. The van der Waals surface area contributed by atoms with Crippen LogP contribution in [0.15, 0.2) is 33.6 Å². The number of carbonyl (C=O) groups excluding carboxylic acids is 1. The predicted molar refractivity (Wildman–Crippen MR) is 94.2 cm³/mol. The first-order valence-corrected chi connectivity index (χ1v) is 9.30. The number of halogens is 2. The molecule has 1 rings (SSSR count). The summed E-state index contributed by atoms with van der Waals surface area (Å²) in [5.41, 5.74) is 0. The van der Waals surface area contributed by atoms with E-state index in [0.717, 1.165) is 17.4 Å². The number of nitrogens with one attached hydrogen (secondary N) is 2. The molecule has 0 bridgehead atoms. The lowest BCUT2D eigenvalue weighted by atomic mass is 10.3. The van der Waals surface area contributed by atoms with Crippen molar-refractivity contribution >= 4 is 44.1 Å². The third kappa shape index (κ3) is 8.12. The second-order valence-corrected chi connectivity index (χ2v) is 7.71. The second kappa shape index (κ2) is 11.0. The van der Waals surface area contributed by atoms with Gasteiger partial charge in [-0.1, -0.05) is 15.9 Å². The smallest absolute Gasteiger partial charge is 0.220 e. The van der Waals surface area contributed by atoms with Gasteiger partial charge < -0.3 is 10.6 Å². The molecule has 0 heterocycles. The minimum atomic E-state index is -3.31. The number of amides is 1. The summed E-state index contributed by atoms with van der Waals surface area (Å²) in [4.78, 5) is 11.8. The summed E-state index contributed by atoms with van der Waals surface area (Å²) in [5, 5.41) is 5.76. The monoisotopic (exact) mass is 412 g/mol. The Labute approximate surface area is 146 Å². The van der Waals surface area contributed by atoms with Crippen molar-refractivity contribution in [2.75, 3.05) is 25.9 Å². The van der Waals surface area contributed by atoms with Gasteiger partial charge >= 0.3 is 0 Å². The zero-order chi connectivity index (χ0) is 15.7. The molecule has 0 atom stereocenters. The predicted octanol–water partition coefficient (Wildman–Crippen LogP) is 2.15. The quantitative estimate of drug-likeness (QED) is 0.608. The number of rotatable bonds is 9. The summed E-state index contributed by atoms with van der Waals surface area (Å²) in [7, 11) is -1.46. The van der Waals surface area contributed by atoms with Crippen molar-refractivity contribution in [3.8, 4) is 0 Å². The van der Waals surface area contributed by atoms with Crippen molar-refractivity contribution < 1.29 is 13.2 Å². The Hall–Kier alpha value is -0.630. The lowest BCUT2D eigenvalue weighted by Crippen LogP contribution is -2.26. The summed E-state index contributed by atoms with van der Waals surface area (Å²) in [6, 6.07) is 6.52. The van der Waals surface area contributed by atoms with Crippen molar-refractivity contribution in [2.24, 2.45) is 0 Å². The molecule has 0 aliphatic carbocycles. The molecule has 0 fully saturated rings. The van der Waals surface area contributed by atoms with Crippen LogP contribution in [0.3, 0.4) is 0 Å². The fraction of sp³-hybridized carbons (Fsp3) is 0.500. The third-order valence-electron chi connectivity index (χ3n) is 2.92. The molecule has 0 aromatic heterocycles. The minimum absolute atomic E-state index is 0. The van der Waals surface area contributed by atoms with Gasteiger partial charge in [-0.05, 0) is 50.7 Å². The van der Waals surface area contributed by atoms with Gasteiger partial charge in [0.25, 0.3) is 0 Å². The maximum absolute atomic E-state index is 12.1. The van der Waals surface area contributed by atoms with Gasteiger partial charge in [-0.15, -0.1) is 12.4 Å². The highest BCUT2D eigenvalue weighted by Gasteiger charge is 2.14. The number of benzene rings is 1. The van der Waals surface area contributed by atoms with Crippen LogP contribution in [-0.2, 0) is 14.6 Å². The molecule has 0 aliphatic heterocycles. The average Bonchev–Trinajstić information content (AvgIpc) is 2.44. The van der Waals surface area contributed by atoms with Crippen molar-refractivity contribution in [1.82, 2.24) is 10.6 Å². The van der Waals surface area contributed by atoms with E-state index in [1.54, 1.807) is 24.3 Å². The summed E-state index contributed by atoms with van der Waals surface area (Å²) < 4.78 is 25.0. The lowest BCUT2D eigenvalue weighted by Gasteiger charge is -2.06. The van der Waals surface area contributed by atoms with Crippen molar-refractivity contribution in [3.05, 3.63) is 28.7 Å². The minimum Gasteiger partial charge on any atom is -0.356 e. The van der Waals surface area contributed by atoms with Crippen LogP contribution < -0.4 is 10.6 Å². The van der Waals surface area contributed by atoms with Crippen LogP contribution in [0.5, 0.6) is 0 Å². The van der Waals surface area contributed by atoms with E-state index in [1.807, 2.05) is 7.05 Å². The van der Waals surface area contributed by atoms with Crippen LogP contribution >= 0.6 is 28.3 Å². The van der Waals surface area contributed by atoms with E-state index in [2.05, 4.69) is 26.6 Å². The summed E-state index contributed by atoms with van der Waals surface area (Å²) in [6.45, 7) is 1.46. The molecular formula is C14H22BrClN2O3S. The van der Waals surface area contributed by atoms with Crippen molar-refractivity contribution in [1.29, 1.82) is 0 Å². The molecule has 0 radical (unpaired) electrons. The topological polar surface area (TPSA) is 75.3 Å². The molecule has 0 saturated carbocycles. The Balaban J connectivity index is 0.00000441. The van der Waals surface area contributed by atoms with E-state index in [0.29, 0.717) is 17.9 Å². The fourth-order valence-corrected chi connectivity index (χ4v) is 3.34. The van der Waals surface area contributed by atoms with Gasteiger partial charge in [0.05, 0.1) is 10.6 Å². The Morgan fingerprint density at radius 1 is 1.14 bits per heavy atom. The molecule has 1 amide bonds. The molecule has 8 heteroatoms. The van der Waals surface area contributed by atoms with Gasteiger partial charge in [-0.25, -0.2) is 8.42 Å². The molecule has 22 heavy (non-hydrogen) atoms. The van der Waals surface area contributed by atoms with Gasteiger partial charge in [0.1, 0.15) is 0 Å². The van der Waals surface area contributed by atoms with Crippen LogP contribution in [0.4, 0.5) is 0 Å². The second-order valence-electron chi connectivity index (χ2n) is 4.68. The van der Waals surface area contributed by atoms with Crippen LogP contribution in [-0.4, -0.2) is 40.2 Å². The SMILES string of the molecule is CNCCCNC(=O)CCCS(=O)(=O)c1ccc(Br)cc1.Cl. The summed E-state index contributed by atoms with van der Waals surface area (Å²) in [5.74, 6) is -0.115. The first kappa shape index (κ1) is 21.4. The van der Waals surface area contributed by atoms with Gasteiger partial charge in [-0.2, -0.15) is 0 Å². The normalized spacial score (nSPS) is 10.8. The molecule has 0 aliphatic rings. The maximum atomic E-state index is 12.1. The van der Waals surface area contributed by atoms with Gasteiger partial charge in [-0.3, -0.25) is 4.79 Å². The number of sulfone groups is 1. The highest BCUT2D eigenvalue weighted by atomic mass is 79.9. The maximum Gasteiger partial charge on any atom is 0.220 e. The first-order valence-electron chi connectivity index (χ1n) is 6.85. The molecule has 5 nitrogen and oxygen atoms in total. The van der Waals surface area contributed by atoms with Gasteiger partial charge in [0.15, 0.2) is 9.84 Å². The standard InChI is InChI=1S/C14H21BrN2O3S.ClH/c1-16-9-3-10-17-14(18)4-2-11-21(19,20)13-7-5-12(15)6-8-13;/h5-8,16H,2-4,9-11H2,1H3,(H,17,18);1H. The largest absolute Gasteiger partial charge is 0.356 e. The third-order valence-corrected chi connectivity index (χ3v) is 5.26. The Morgan fingerprint density at radius 3 is 2.36 bits per heavy atom. The van der Waals surface area contributed by atoms with Crippen LogP contribution in [0.1, 0.15) is 19.3 Å². The summed E-state index contributed by atoms with van der Waals surface area (Å²) in [6.07, 6.45) is 1.42. The molecular weight excluding hydrogens is 392 g/mol. The van der Waals surface area contributed by atoms with Gasteiger partial charge in [0.2, 0.25) is 5.91 Å². The molecule has 1 aromatic rings. The van der Waals surface area contributed by atoms with E-state index in [-0.39, 0.29) is 30.5 Å². The zero-order valence-electron chi connectivity index (χ0n) is 12.5. The fourth-order valence-electron chi connectivity index (χ4n) is 1.76. The van der Waals surface area contributed by atoms with Crippen LogP contribution in [0, 0.1) is 0 Å². The van der Waals surface area contributed by atoms with E-state index >= 15 is 0 Å². The molecule has 126 valence electrons. The van der Waals surface area contributed by atoms with E-state index in [1.165, 1.54) is 0 Å². The van der Waals surface area contributed by atoms with E-state index < -0.39 is 9.84 Å². The molecule has 2 N–H and O–H groups in total. The van der Waals surface area contributed by atoms with Gasteiger partial charge in [0, 0.05) is 17.4 Å². The van der Waals surface area contributed by atoms with E-state index in [4.69, 9.17) is 0 Å². The molecule has 0 spiro atoms. The molecule has 0 saturated heterocycles. The van der Waals surface area contributed by atoms with Crippen molar-refractivity contribution in [3.63, 3.8) is 0 Å². The summed E-state index contributed by atoms with van der Waals surface area (Å²) >= 11 is 3.27. The highest BCUT2D eigenvalue weighted by molar-refractivity contribution is 9.10. The molecule has 1 aromatic carbocycles. The Morgan fingerprint density at radius 2 is 1.77 bits per heavy atom. The number of hydrogen-bond acceptors (Lipinski definition) is 4. The molecule has 0 unspecified atom stereocenters. The highest BCUT2D eigenvalue weighted by Crippen LogP contribution is 2.16. The lowest BCUT2D eigenvalue weighted by molar-refractivity contribution is -0.121.